The number of hydrogen-bond acceptors (Lipinski definition) is 0. The summed E-state index contributed by atoms with van der Waals surface area (Å²) in [6, 6.07) is 0. The normalized spacial score (nSPS) is 21.8. The van der Waals surface area contributed by atoms with Crippen molar-refractivity contribution >= 4 is 0 Å². The molecule has 0 N–H and O–H groups in total. The second kappa shape index (κ2) is 6.06. The first-order valence-corrected chi connectivity index (χ1v) is 9.93. The van der Waals surface area contributed by atoms with Crippen molar-refractivity contribution in [1.82, 2.24) is 0 Å². The van der Waals surface area contributed by atoms with Crippen LogP contribution in [0.25, 0.3) is 0 Å². The Labute approximate surface area is 148 Å². The SMILES string of the molecule is CC(C)(C)C(C1CC1)C(C)(C)C.CC(C)(C)C1(C(C)(C)C)CC1. The van der Waals surface area contributed by atoms with E-state index in [2.05, 4.69) is 83.1 Å². The lowest BCUT2D eigenvalue weighted by Gasteiger charge is -2.41. The van der Waals surface area contributed by atoms with E-state index in [0.717, 1.165) is 11.8 Å². The predicted octanol–water partition coefficient (Wildman–Crippen LogP) is 7.96. The van der Waals surface area contributed by atoms with Crippen molar-refractivity contribution in [3.8, 4) is 0 Å². The van der Waals surface area contributed by atoms with Gasteiger partial charge in [-0.15, -0.1) is 0 Å². The van der Waals surface area contributed by atoms with Crippen LogP contribution in [0.15, 0.2) is 0 Å². The van der Waals surface area contributed by atoms with Gasteiger partial charge in [-0.05, 0) is 64.6 Å². The Morgan fingerprint density at radius 2 is 0.913 bits per heavy atom. The van der Waals surface area contributed by atoms with Crippen LogP contribution in [-0.2, 0) is 0 Å². The summed E-state index contributed by atoms with van der Waals surface area (Å²) < 4.78 is 0. The first-order valence-electron chi connectivity index (χ1n) is 9.93. The maximum absolute atomic E-state index is 2.39. The summed E-state index contributed by atoms with van der Waals surface area (Å²) in [5, 5.41) is 0. The van der Waals surface area contributed by atoms with Crippen LogP contribution in [0.4, 0.5) is 0 Å². The molecule has 0 radical (unpaired) electrons. The van der Waals surface area contributed by atoms with Gasteiger partial charge in [-0.2, -0.15) is 0 Å². The fourth-order valence-corrected chi connectivity index (χ4v) is 5.89. The maximum atomic E-state index is 2.39. The van der Waals surface area contributed by atoms with E-state index in [-0.39, 0.29) is 0 Å². The van der Waals surface area contributed by atoms with Gasteiger partial charge in [0.25, 0.3) is 0 Å². The molecular formula is C23H46. The summed E-state index contributed by atoms with van der Waals surface area (Å²) in [6.45, 7) is 28.6. The number of hydrogen-bond donors (Lipinski definition) is 0. The fraction of sp³-hybridized carbons (Fsp3) is 1.00. The zero-order chi connectivity index (χ0) is 18.5. The zero-order valence-electron chi connectivity index (χ0n) is 18.5. The molecule has 2 fully saturated rings. The molecule has 0 unspecified atom stereocenters. The molecule has 0 spiro atoms. The topological polar surface area (TPSA) is 0 Å². The standard InChI is InChI=1S/C12H24.C11H22/c1-11(2,3)10(9-7-8-9)12(4,5)6;1-9(2,3)11(7-8-11)10(4,5)6/h9-10H,7-8H2,1-6H3;7-8H2,1-6H3. The van der Waals surface area contributed by atoms with Crippen LogP contribution in [0.5, 0.6) is 0 Å². The van der Waals surface area contributed by atoms with Gasteiger partial charge in [0.05, 0.1) is 0 Å². The van der Waals surface area contributed by atoms with Gasteiger partial charge in [0.15, 0.2) is 0 Å². The quantitative estimate of drug-likeness (QED) is 0.459. The van der Waals surface area contributed by atoms with E-state index in [0.29, 0.717) is 27.1 Å². The van der Waals surface area contributed by atoms with Crippen molar-refractivity contribution in [2.24, 2.45) is 38.9 Å². The van der Waals surface area contributed by atoms with E-state index in [1.54, 1.807) is 0 Å². The summed E-state index contributed by atoms with van der Waals surface area (Å²) in [7, 11) is 0. The minimum atomic E-state index is 0.486. The highest BCUT2D eigenvalue weighted by Crippen LogP contribution is 2.67. The van der Waals surface area contributed by atoms with Gasteiger partial charge in [0.1, 0.15) is 0 Å². The molecule has 0 heterocycles. The maximum Gasteiger partial charge on any atom is -0.0200 e. The second-order valence-corrected chi connectivity index (χ2v) is 12.6. The average molecular weight is 323 g/mol. The van der Waals surface area contributed by atoms with Crippen LogP contribution < -0.4 is 0 Å². The summed E-state index contributed by atoms with van der Waals surface area (Å²) >= 11 is 0. The molecule has 0 heteroatoms. The molecule has 0 aromatic carbocycles. The van der Waals surface area contributed by atoms with Crippen LogP contribution in [0, 0.1) is 38.9 Å². The molecule has 23 heavy (non-hydrogen) atoms. The third-order valence-corrected chi connectivity index (χ3v) is 6.58. The molecular weight excluding hydrogens is 276 g/mol. The summed E-state index contributed by atoms with van der Waals surface area (Å²) in [6.07, 6.45) is 5.80. The molecule has 0 amide bonds. The van der Waals surface area contributed by atoms with E-state index in [1.807, 2.05) is 0 Å². The van der Waals surface area contributed by atoms with Crippen LogP contribution >= 0.6 is 0 Å². The van der Waals surface area contributed by atoms with Gasteiger partial charge in [-0.3, -0.25) is 0 Å². The minimum absolute atomic E-state index is 0.486. The molecule has 0 saturated heterocycles. The molecule has 2 saturated carbocycles. The van der Waals surface area contributed by atoms with Crippen LogP contribution in [0.2, 0.25) is 0 Å². The fourth-order valence-electron chi connectivity index (χ4n) is 5.89. The molecule has 0 aliphatic heterocycles. The molecule has 2 aliphatic carbocycles. The van der Waals surface area contributed by atoms with Gasteiger partial charge in [-0.25, -0.2) is 0 Å². The largest absolute Gasteiger partial charge is 0.0599 e. The third-order valence-electron chi connectivity index (χ3n) is 6.58. The summed E-state index contributed by atoms with van der Waals surface area (Å²) in [5.74, 6) is 1.91. The van der Waals surface area contributed by atoms with Crippen molar-refractivity contribution in [3.63, 3.8) is 0 Å². The van der Waals surface area contributed by atoms with Crippen molar-refractivity contribution < 1.29 is 0 Å². The van der Waals surface area contributed by atoms with Crippen molar-refractivity contribution in [2.75, 3.05) is 0 Å². The van der Waals surface area contributed by atoms with Gasteiger partial charge in [0, 0.05) is 0 Å². The lowest BCUT2D eigenvalue weighted by atomic mass is 9.63. The van der Waals surface area contributed by atoms with E-state index >= 15 is 0 Å². The van der Waals surface area contributed by atoms with Gasteiger partial charge < -0.3 is 0 Å². The smallest absolute Gasteiger partial charge is 0.0200 e. The Bertz CT molecular complexity index is 348. The van der Waals surface area contributed by atoms with Gasteiger partial charge in [-0.1, -0.05) is 83.1 Å². The highest BCUT2D eigenvalue weighted by Gasteiger charge is 2.58. The average Bonchev–Trinajstić information content (AvgIpc) is 3.05. The van der Waals surface area contributed by atoms with E-state index < -0.39 is 0 Å². The Morgan fingerprint density at radius 1 is 0.609 bits per heavy atom. The van der Waals surface area contributed by atoms with Crippen LogP contribution in [0.1, 0.15) is 109 Å². The molecule has 0 aromatic rings. The highest BCUT2D eigenvalue weighted by molar-refractivity contribution is 5.08. The van der Waals surface area contributed by atoms with Crippen molar-refractivity contribution in [3.05, 3.63) is 0 Å². The van der Waals surface area contributed by atoms with Gasteiger partial charge >= 0.3 is 0 Å². The predicted molar refractivity (Wildman–Crippen MR) is 106 cm³/mol. The molecule has 0 nitrogen and oxygen atoms in total. The van der Waals surface area contributed by atoms with Gasteiger partial charge in [0.2, 0.25) is 0 Å². The van der Waals surface area contributed by atoms with E-state index in [9.17, 15) is 0 Å². The highest BCUT2D eigenvalue weighted by atomic mass is 14.6. The molecule has 0 atom stereocenters. The van der Waals surface area contributed by atoms with E-state index in [1.165, 1.54) is 25.7 Å². The van der Waals surface area contributed by atoms with E-state index in [4.69, 9.17) is 0 Å². The second-order valence-electron chi connectivity index (χ2n) is 12.6. The lowest BCUT2D eigenvalue weighted by molar-refractivity contribution is 0.0745. The molecule has 138 valence electrons. The Balaban J connectivity index is 0.000000231. The Hall–Kier alpha value is 0. The third kappa shape index (κ3) is 4.99. The summed E-state index contributed by atoms with van der Waals surface area (Å²) in [5.41, 5.74) is 2.58. The zero-order valence-corrected chi connectivity index (χ0v) is 18.5. The molecule has 0 aromatic heterocycles. The minimum Gasteiger partial charge on any atom is -0.0599 e. The first kappa shape index (κ1) is 21.0. The molecule has 2 aliphatic rings. The molecule has 2 rings (SSSR count). The summed E-state index contributed by atoms with van der Waals surface area (Å²) in [4.78, 5) is 0. The Kier molecular flexibility index (Phi) is 5.55. The lowest BCUT2D eigenvalue weighted by Crippen LogP contribution is -2.34. The van der Waals surface area contributed by atoms with Crippen molar-refractivity contribution in [2.45, 2.75) is 109 Å². The van der Waals surface area contributed by atoms with Crippen LogP contribution in [0.3, 0.4) is 0 Å². The monoisotopic (exact) mass is 322 g/mol. The van der Waals surface area contributed by atoms with Crippen LogP contribution in [-0.4, -0.2) is 0 Å². The Morgan fingerprint density at radius 3 is 0.957 bits per heavy atom. The first-order chi connectivity index (χ1) is 9.93. The number of rotatable bonds is 1. The van der Waals surface area contributed by atoms with Crippen molar-refractivity contribution in [1.29, 1.82) is 0 Å². The molecule has 0 bridgehead atoms.